The second-order valence-corrected chi connectivity index (χ2v) is 7.09. The molecule has 140 valence electrons. The summed E-state index contributed by atoms with van der Waals surface area (Å²) in [5.41, 5.74) is 2.17. The smallest absolute Gasteiger partial charge is 0.224 e. The molecule has 2 aromatic rings. The van der Waals surface area contributed by atoms with E-state index in [4.69, 9.17) is 4.74 Å². The minimum Gasteiger partial charge on any atom is -0.497 e. The van der Waals surface area contributed by atoms with Crippen LogP contribution in [-0.2, 0) is 18.3 Å². The van der Waals surface area contributed by atoms with Crippen molar-refractivity contribution in [2.24, 2.45) is 13.0 Å². The number of nitrogens with one attached hydrogen (secondary N) is 1. The standard InChI is InChI=1S/C20H28N4O2/c1-23-9-5-7-16(20(23)18-13-21-14-24(18)2)12-22-19(25)11-15-6-4-8-17(10-15)26-3/h4,6,8,10,13-14,16,20H,5,7,9,11-12H2,1-3H3,(H,22,25)/t16-,20+/m0/s1. The van der Waals surface area contributed by atoms with E-state index in [-0.39, 0.29) is 11.9 Å². The Balaban J connectivity index is 1.61. The lowest BCUT2D eigenvalue weighted by atomic mass is 9.87. The Morgan fingerprint density at radius 3 is 2.96 bits per heavy atom. The molecule has 1 amide bonds. The van der Waals surface area contributed by atoms with Gasteiger partial charge in [-0.3, -0.25) is 9.69 Å². The van der Waals surface area contributed by atoms with E-state index in [0.717, 1.165) is 30.7 Å². The molecule has 1 fully saturated rings. The summed E-state index contributed by atoms with van der Waals surface area (Å²) in [6, 6.07) is 7.95. The summed E-state index contributed by atoms with van der Waals surface area (Å²) in [6.45, 7) is 1.76. The van der Waals surface area contributed by atoms with E-state index in [9.17, 15) is 4.79 Å². The van der Waals surface area contributed by atoms with Crippen LogP contribution in [0.4, 0.5) is 0 Å². The number of ether oxygens (including phenoxy) is 1. The monoisotopic (exact) mass is 356 g/mol. The third-order valence-corrected chi connectivity index (χ3v) is 5.22. The number of aromatic nitrogens is 2. The fourth-order valence-electron chi connectivity index (χ4n) is 3.87. The molecule has 1 aromatic carbocycles. The molecule has 0 aliphatic carbocycles. The fourth-order valence-corrected chi connectivity index (χ4v) is 3.87. The molecule has 0 bridgehead atoms. The molecule has 1 aromatic heterocycles. The first-order valence-electron chi connectivity index (χ1n) is 9.14. The van der Waals surface area contributed by atoms with E-state index in [1.54, 1.807) is 7.11 Å². The zero-order valence-corrected chi connectivity index (χ0v) is 15.8. The van der Waals surface area contributed by atoms with Crippen molar-refractivity contribution in [3.05, 3.63) is 48.0 Å². The van der Waals surface area contributed by atoms with Crippen LogP contribution in [0.15, 0.2) is 36.8 Å². The summed E-state index contributed by atoms with van der Waals surface area (Å²) in [4.78, 5) is 19.1. The van der Waals surface area contributed by atoms with Crippen LogP contribution >= 0.6 is 0 Å². The molecule has 6 heteroatoms. The van der Waals surface area contributed by atoms with Gasteiger partial charge >= 0.3 is 0 Å². The number of likely N-dealkylation sites (tertiary alicyclic amines) is 1. The van der Waals surface area contributed by atoms with Crippen LogP contribution in [-0.4, -0.2) is 47.6 Å². The Morgan fingerprint density at radius 2 is 2.23 bits per heavy atom. The number of nitrogens with zero attached hydrogens (tertiary/aromatic N) is 3. The summed E-state index contributed by atoms with van der Waals surface area (Å²) in [6.07, 6.45) is 6.42. The number of amides is 1. The van der Waals surface area contributed by atoms with Gasteiger partial charge in [0, 0.05) is 19.8 Å². The molecule has 0 spiro atoms. The Labute approximate surface area is 155 Å². The molecule has 6 nitrogen and oxygen atoms in total. The molecule has 3 rings (SSSR count). The molecule has 0 unspecified atom stereocenters. The van der Waals surface area contributed by atoms with E-state index < -0.39 is 0 Å². The summed E-state index contributed by atoms with van der Waals surface area (Å²) >= 11 is 0. The maximum atomic E-state index is 12.4. The summed E-state index contributed by atoms with van der Waals surface area (Å²) < 4.78 is 7.31. The molecule has 1 aliphatic heterocycles. The largest absolute Gasteiger partial charge is 0.497 e. The third kappa shape index (κ3) is 4.25. The van der Waals surface area contributed by atoms with Crippen LogP contribution in [0.3, 0.4) is 0 Å². The number of piperidine rings is 1. The van der Waals surface area contributed by atoms with E-state index >= 15 is 0 Å². The van der Waals surface area contributed by atoms with E-state index in [0.29, 0.717) is 18.9 Å². The Morgan fingerprint density at radius 1 is 1.38 bits per heavy atom. The number of aryl methyl sites for hydroxylation is 1. The normalized spacial score (nSPS) is 20.7. The van der Waals surface area contributed by atoms with Crippen molar-refractivity contribution in [3.63, 3.8) is 0 Å². The SMILES string of the molecule is COc1cccc(CC(=O)NC[C@@H]2CCCN(C)[C@H]2c2cncn2C)c1. The maximum absolute atomic E-state index is 12.4. The van der Waals surface area contributed by atoms with Gasteiger partial charge in [-0.15, -0.1) is 0 Å². The molecule has 26 heavy (non-hydrogen) atoms. The number of methoxy groups -OCH3 is 1. The number of imidazole rings is 1. The van der Waals surface area contributed by atoms with Gasteiger partial charge in [-0.25, -0.2) is 4.98 Å². The van der Waals surface area contributed by atoms with Gasteiger partial charge in [-0.2, -0.15) is 0 Å². The second-order valence-electron chi connectivity index (χ2n) is 7.09. The molecule has 0 radical (unpaired) electrons. The number of hydrogen-bond acceptors (Lipinski definition) is 4. The van der Waals surface area contributed by atoms with Crippen molar-refractivity contribution in [2.75, 3.05) is 27.2 Å². The van der Waals surface area contributed by atoms with Gasteiger partial charge in [-0.1, -0.05) is 12.1 Å². The first-order valence-corrected chi connectivity index (χ1v) is 9.14. The van der Waals surface area contributed by atoms with Crippen molar-refractivity contribution in [2.45, 2.75) is 25.3 Å². The molecule has 2 heterocycles. The average Bonchev–Trinajstić information content (AvgIpc) is 3.05. The van der Waals surface area contributed by atoms with Crippen molar-refractivity contribution in [1.29, 1.82) is 0 Å². The Hall–Kier alpha value is -2.34. The first kappa shape index (κ1) is 18.5. The fraction of sp³-hybridized carbons (Fsp3) is 0.500. The minimum absolute atomic E-state index is 0.0511. The predicted molar refractivity (Wildman–Crippen MR) is 101 cm³/mol. The zero-order valence-electron chi connectivity index (χ0n) is 15.8. The van der Waals surface area contributed by atoms with E-state index in [2.05, 4.69) is 26.8 Å². The molecular formula is C20H28N4O2. The average molecular weight is 356 g/mol. The highest BCUT2D eigenvalue weighted by atomic mass is 16.5. The summed E-state index contributed by atoms with van der Waals surface area (Å²) in [7, 11) is 5.82. The Bertz CT molecular complexity index is 743. The third-order valence-electron chi connectivity index (χ3n) is 5.22. The highest BCUT2D eigenvalue weighted by Gasteiger charge is 2.32. The molecular weight excluding hydrogens is 328 g/mol. The summed E-state index contributed by atoms with van der Waals surface area (Å²) in [5.74, 6) is 1.22. The van der Waals surface area contributed by atoms with Gasteiger partial charge in [0.2, 0.25) is 5.91 Å². The highest BCUT2D eigenvalue weighted by Crippen LogP contribution is 2.34. The number of carbonyl (C=O) groups excluding carboxylic acids is 1. The topological polar surface area (TPSA) is 59.4 Å². The highest BCUT2D eigenvalue weighted by molar-refractivity contribution is 5.78. The lowest BCUT2D eigenvalue weighted by Gasteiger charge is -2.39. The lowest BCUT2D eigenvalue weighted by molar-refractivity contribution is -0.120. The molecule has 2 atom stereocenters. The van der Waals surface area contributed by atoms with Crippen LogP contribution in [0, 0.1) is 5.92 Å². The van der Waals surface area contributed by atoms with Crippen LogP contribution in [0.1, 0.15) is 30.1 Å². The molecule has 0 saturated carbocycles. The van der Waals surface area contributed by atoms with Crippen molar-refractivity contribution in [1.82, 2.24) is 19.8 Å². The van der Waals surface area contributed by atoms with Gasteiger partial charge in [0.25, 0.3) is 0 Å². The van der Waals surface area contributed by atoms with Gasteiger partial charge in [-0.05, 0) is 50.0 Å². The zero-order chi connectivity index (χ0) is 18.5. The van der Waals surface area contributed by atoms with Gasteiger partial charge < -0.3 is 14.6 Å². The number of benzene rings is 1. The van der Waals surface area contributed by atoms with Crippen LogP contribution in [0.5, 0.6) is 5.75 Å². The minimum atomic E-state index is 0.0511. The Kier molecular flexibility index (Phi) is 5.93. The maximum Gasteiger partial charge on any atom is 0.224 e. The van der Waals surface area contributed by atoms with Crippen molar-refractivity contribution < 1.29 is 9.53 Å². The van der Waals surface area contributed by atoms with E-state index in [1.165, 1.54) is 5.69 Å². The number of rotatable bonds is 6. The number of carbonyl (C=O) groups is 1. The second kappa shape index (κ2) is 8.36. The molecule has 1 N–H and O–H groups in total. The van der Waals surface area contributed by atoms with Gasteiger partial charge in [0.1, 0.15) is 5.75 Å². The first-order chi connectivity index (χ1) is 12.6. The van der Waals surface area contributed by atoms with E-state index in [1.807, 2.05) is 43.8 Å². The molecule has 1 aliphatic rings. The van der Waals surface area contributed by atoms with Crippen LogP contribution < -0.4 is 10.1 Å². The number of hydrogen-bond donors (Lipinski definition) is 1. The quantitative estimate of drug-likeness (QED) is 0.862. The van der Waals surface area contributed by atoms with Crippen LogP contribution in [0.2, 0.25) is 0 Å². The predicted octanol–water partition coefficient (Wildman–Crippen LogP) is 2.17. The van der Waals surface area contributed by atoms with Gasteiger partial charge in [0.15, 0.2) is 0 Å². The lowest BCUT2D eigenvalue weighted by Crippen LogP contribution is -2.42. The molecule has 1 saturated heterocycles. The van der Waals surface area contributed by atoms with Crippen molar-refractivity contribution >= 4 is 5.91 Å². The summed E-state index contributed by atoms with van der Waals surface area (Å²) in [5, 5.41) is 3.13. The van der Waals surface area contributed by atoms with Gasteiger partial charge in [0.05, 0.1) is 31.6 Å². The van der Waals surface area contributed by atoms with Crippen LogP contribution in [0.25, 0.3) is 0 Å². The van der Waals surface area contributed by atoms with Crippen molar-refractivity contribution in [3.8, 4) is 5.75 Å².